The van der Waals surface area contributed by atoms with Gasteiger partial charge in [-0.05, 0) is 63.2 Å². The molecule has 0 aliphatic rings. The first kappa shape index (κ1) is 10.1. The third kappa shape index (κ3) is 1.59. The van der Waals surface area contributed by atoms with Crippen LogP contribution in [-0.2, 0) is 0 Å². The maximum absolute atomic E-state index is 2.37. The summed E-state index contributed by atoms with van der Waals surface area (Å²) in [5.74, 6) is 0. The average molecular weight is 318 g/mol. The minimum atomic E-state index is 1.29. The lowest BCUT2D eigenvalue weighted by Crippen LogP contribution is -1.80. The van der Waals surface area contributed by atoms with Gasteiger partial charge in [0.25, 0.3) is 0 Å². The fourth-order valence-electron chi connectivity index (χ4n) is 2.15. The van der Waals surface area contributed by atoms with Crippen molar-refractivity contribution < 1.29 is 0 Å². The molecule has 0 saturated carbocycles. The molecule has 0 aromatic heterocycles. The van der Waals surface area contributed by atoms with Crippen LogP contribution in [0.4, 0.5) is 0 Å². The van der Waals surface area contributed by atoms with E-state index in [1.807, 2.05) is 0 Å². The molecule has 0 nitrogen and oxygen atoms in total. The van der Waals surface area contributed by atoms with Crippen LogP contribution in [0.15, 0.2) is 48.5 Å². The predicted molar refractivity (Wildman–Crippen MR) is 78.9 cm³/mol. The van der Waals surface area contributed by atoms with E-state index in [1.165, 1.54) is 30.7 Å². The highest BCUT2D eigenvalue weighted by Crippen LogP contribution is 2.27. The molecule has 3 aromatic carbocycles. The number of rotatable bonds is 0. The number of hydrogen-bond acceptors (Lipinski definition) is 0. The van der Waals surface area contributed by atoms with Crippen LogP contribution in [0.25, 0.3) is 21.5 Å². The monoisotopic (exact) mass is 318 g/mol. The van der Waals surface area contributed by atoms with Crippen LogP contribution in [-0.4, -0.2) is 0 Å². The zero-order valence-electron chi connectivity index (χ0n) is 9.00. The van der Waals surface area contributed by atoms with Gasteiger partial charge in [0.2, 0.25) is 0 Å². The molecule has 3 rings (SSSR count). The molecule has 0 unspecified atom stereocenters. The van der Waals surface area contributed by atoms with Gasteiger partial charge < -0.3 is 0 Å². The van der Waals surface area contributed by atoms with Crippen molar-refractivity contribution in [3.05, 3.63) is 57.7 Å². The Morgan fingerprint density at radius 3 is 2.38 bits per heavy atom. The zero-order valence-corrected chi connectivity index (χ0v) is 11.2. The van der Waals surface area contributed by atoms with Crippen LogP contribution >= 0.6 is 22.6 Å². The molecule has 78 valence electrons. The molecule has 0 fully saturated rings. The molecule has 3 aromatic rings. The van der Waals surface area contributed by atoms with Crippen molar-refractivity contribution in [1.82, 2.24) is 0 Å². The summed E-state index contributed by atoms with van der Waals surface area (Å²) in [5.41, 5.74) is 1.32. The summed E-state index contributed by atoms with van der Waals surface area (Å²) in [6, 6.07) is 17.7. The molecule has 0 amide bonds. The lowest BCUT2D eigenvalue weighted by atomic mass is 10.0. The van der Waals surface area contributed by atoms with Crippen LogP contribution < -0.4 is 0 Å². The summed E-state index contributed by atoms with van der Waals surface area (Å²) in [7, 11) is 0. The van der Waals surface area contributed by atoms with Gasteiger partial charge in [0, 0.05) is 3.57 Å². The van der Waals surface area contributed by atoms with E-state index in [1.54, 1.807) is 0 Å². The topological polar surface area (TPSA) is 0 Å². The van der Waals surface area contributed by atoms with Crippen LogP contribution in [0.3, 0.4) is 0 Å². The summed E-state index contributed by atoms with van der Waals surface area (Å²) in [6.07, 6.45) is 0. The summed E-state index contributed by atoms with van der Waals surface area (Å²) in [5, 5.41) is 5.34. The van der Waals surface area contributed by atoms with Gasteiger partial charge in [-0.1, -0.05) is 42.0 Å². The summed E-state index contributed by atoms with van der Waals surface area (Å²) >= 11 is 2.37. The second kappa shape index (κ2) is 3.74. The van der Waals surface area contributed by atoms with Crippen LogP contribution in [0.2, 0.25) is 0 Å². The maximum Gasteiger partial charge on any atom is 0.0136 e. The summed E-state index contributed by atoms with van der Waals surface area (Å²) in [6.45, 7) is 2.14. The molecule has 0 spiro atoms. The second-order valence-electron chi connectivity index (χ2n) is 4.16. The van der Waals surface area contributed by atoms with Crippen LogP contribution in [0.5, 0.6) is 0 Å². The molecule has 0 heterocycles. The van der Waals surface area contributed by atoms with Crippen molar-refractivity contribution in [3.8, 4) is 0 Å². The van der Waals surface area contributed by atoms with Gasteiger partial charge in [0.1, 0.15) is 0 Å². The first-order valence-electron chi connectivity index (χ1n) is 5.33. The van der Waals surface area contributed by atoms with E-state index in [9.17, 15) is 0 Å². The Balaban J connectivity index is 2.52. The van der Waals surface area contributed by atoms with Gasteiger partial charge in [-0.2, -0.15) is 0 Å². The SMILES string of the molecule is Cc1ccc2c(ccc3ccc(I)cc32)c1. The van der Waals surface area contributed by atoms with Crippen LogP contribution in [0, 0.1) is 10.5 Å². The molecular weight excluding hydrogens is 307 g/mol. The van der Waals surface area contributed by atoms with Crippen molar-refractivity contribution in [1.29, 1.82) is 0 Å². The molecule has 0 aliphatic carbocycles. The Morgan fingerprint density at radius 1 is 0.750 bits per heavy atom. The van der Waals surface area contributed by atoms with Gasteiger partial charge in [0.15, 0.2) is 0 Å². The van der Waals surface area contributed by atoms with E-state index in [2.05, 4.69) is 78.0 Å². The van der Waals surface area contributed by atoms with Crippen molar-refractivity contribution in [2.24, 2.45) is 0 Å². The average Bonchev–Trinajstić information content (AvgIpc) is 2.28. The van der Waals surface area contributed by atoms with E-state index >= 15 is 0 Å². The van der Waals surface area contributed by atoms with E-state index in [-0.39, 0.29) is 0 Å². The lowest BCUT2D eigenvalue weighted by Gasteiger charge is -2.05. The van der Waals surface area contributed by atoms with Crippen molar-refractivity contribution >= 4 is 44.1 Å². The standard InChI is InChI=1S/C15H11I/c1-10-2-7-14-12(8-10)4-3-11-5-6-13(16)9-15(11)14/h2-9H,1H3. The van der Waals surface area contributed by atoms with E-state index in [0.29, 0.717) is 0 Å². The van der Waals surface area contributed by atoms with Crippen molar-refractivity contribution in [2.45, 2.75) is 6.92 Å². The normalized spacial score (nSPS) is 11.1. The first-order valence-corrected chi connectivity index (χ1v) is 6.40. The molecular formula is C15H11I. The largest absolute Gasteiger partial charge is 0.0587 e. The van der Waals surface area contributed by atoms with Gasteiger partial charge in [-0.25, -0.2) is 0 Å². The van der Waals surface area contributed by atoms with Gasteiger partial charge in [0.05, 0.1) is 0 Å². The number of aryl methyl sites for hydroxylation is 1. The molecule has 0 aliphatic heterocycles. The minimum absolute atomic E-state index is 1.29. The van der Waals surface area contributed by atoms with E-state index in [0.717, 1.165) is 0 Å². The lowest BCUT2D eigenvalue weighted by molar-refractivity contribution is 1.51. The molecule has 1 heteroatoms. The quantitative estimate of drug-likeness (QED) is 0.408. The Kier molecular flexibility index (Phi) is 2.36. The highest BCUT2D eigenvalue weighted by Gasteiger charge is 2.00. The maximum atomic E-state index is 2.37. The number of benzene rings is 3. The molecule has 0 saturated heterocycles. The zero-order chi connectivity index (χ0) is 11.1. The third-order valence-electron chi connectivity index (χ3n) is 2.96. The first-order chi connectivity index (χ1) is 7.74. The molecule has 0 atom stereocenters. The Morgan fingerprint density at radius 2 is 1.50 bits per heavy atom. The van der Waals surface area contributed by atoms with Crippen LogP contribution in [0.1, 0.15) is 5.56 Å². The highest BCUT2D eigenvalue weighted by molar-refractivity contribution is 14.1. The second-order valence-corrected chi connectivity index (χ2v) is 5.40. The number of hydrogen-bond donors (Lipinski definition) is 0. The predicted octanol–water partition coefficient (Wildman–Crippen LogP) is 4.91. The fraction of sp³-hybridized carbons (Fsp3) is 0.0667. The number of halogens is 1. The molecule has 0 bridgehead atoms. The van der Waals surface area contributed by atoms with Gasteiger partial charge >= 0.3 is 0 Å². The van der Waals surface area contributed by atoms with E-state index in [4.69, 9.17) is 0 Å². The minimum Gasteiger partial charge on any atom is -0.0587 e. The Bertz CT molecular complexity index is 683. The highest BCUT2D eigenvalue weighted by atomic mass is 127. The smallest absolute Gasteiger partial charge is 0.0136 e. The van der Waals surface area contributed by atoms with Crippen molar-refractivity contribution in [2.75, 3.05) is 0 Å². The third-order valence-corrected chi connectivity index (χ3v) is 3.63. The number of fused-ring (bicyclic) bond motifs is 3. The fourth-order valence-corrected chi connectivity index (χ4v) is 2.64. The van der Waals surface area contributed by atoms with Crippen molar-refractivity contribution in [3.63, 3.8) is 0 Å². The molecule has 16 heavy (non-hydrogen) atoms. The summed E-state index contributed by atoms with van der Waals surface area (Å²) < 4.78 is 1.29. The van der Waals surface area contributed by atoms with Gasteiger partial charge in [-0.3, -0.25) is 0 Å². The van der Waals surface area contributed by atoms with Gasteiger partial charge in [-0.15, -0.1) is 0 Å². The molecule has 0 N–H and O–H groups in total. The Labute approximate surface area is 108 Å². The molecule has 0 radical (unpaired) electrons. The summed E-state index contributed by atoms with van der Waals surface area (Å²) in [4.78, 5) is 0. The van der Waals surface area contributed by atoms with E-state index < -0.39 is 0 Å². The Hall–Kier alpha value is -1.09.